The van der Waals surface area contributed by atoms with Crippen molar-refractivity contribution in [3.63, 3.8) is 0 Å². The van der Waals surface area contributed by atoms with Gasteiger partial charge in [0.25, 0.3) is 0 Å². The van der Waals surface area contributed by atoms with Crippen LogP contribution in [0.5, 0.6) is 0 Å². The Morgan fingerprint density at radius 2 is 1.73 bits per heavy atom. The predicted octanol–water partition coefficient (Wildman–Crippen LogP) is 5.21. The van der Waals surface area contributed by atoms with Gasteiger partial charge in [-0.15, -0.1) is 11.3 Å². The lowest BCUT2D eigenvalue weighted by molar-refractivity contribution is 0.0346. The summed E-state index contributed by atoms with van der Waals surface area (Å²) < 4.78 is 7.68. The van der Waals surface area contributed by atoms with Gasteiger partial charge in [-0.05, 0) is 29.3 Å². The molecule has 33 heavy (non-hydrogen) atoms. The predicted molar refractivity (Wildman–Crippen MR) is 137 cm³/mol. The van der Waals surface area contributed by atoms with Gasteiger partial charge in [0.15, 0.2) is 0 Å². The molecule has 3 heterocycles. The average molecular weight is 480 g/mol. The number of benzene rings is 2. The van der Waals surface area contributed by atoms with E-state index in [-0.39, 0.29) is 5.43 Å². The number of aromatic nitrogens is 1. The number of anilines is 1. The first-order valence-corrected chi connectivity index (χ1v) is 12.3. The van der Waals surface area contributed by atoms with E-state index in [1.807, 2.05) is 48.7 Å². The van der Waals surface area contributed by atoms with E-state index in [9.17, 15) is 4.79 Å². The summed E-state index contributed by atoms with van der Waals surface area (Å²) in [6, 6.07) is 20.1. The van der Waals surface area contributed by atoms with Crippen LogP contribution in [-0.2, 0) is 24.4 Å². The molecule has 170 valence electrons. The smallest absolute Gasteiger partial charge is 0.213 e. The Labute approximate surface area is 202 Å². The summed E-state index contributed by atoms with van der Waals surface area (Å²) in [4.78, 5) is 18.0. The number of halogens is 1. The number of thiophene rings is 1. The molecular weight excluding hydrogens is 454 g/mol. The molecule has 1 N–H and O–H groups in total. The van der Waals surface area contributed by atoms with Crippen molar-refractivity contribution in [2.75, 3.05) is 31.6 Å². The number of hydrogen-bond donors (Lipinski definition) is 1. The minimum atomic E-state index is 0.0488. The molecule has 7 heteroatoms. The topological polar surface area (TPSA) is 46.5 Å². The second-order valence-corrected chi connectivity index (χ2v) is 9.84. The van der Waals surface area contributed by atoms with Gasteiger partial charge in [0.2, 0.25) is 5.43 Å². The molecule has 5 rings (SSSR count). The zero-order valence-electron chi connectivity index (χ0n) is 18.3. The summed E-state index contributed by atoms with van der Waals surface area (Å²) in [6.07, 6.45) is 1.96. The van der Waals surface area contributed by atoms with Gasteiger partial charge >= 0.3 is 0 Å². The summed E-state index contributed by atoms with van der Waals surface area (Å²) in [5.74, 6) is 0. The van der Waals surface area contributed by atoms with Crippen molar-refractivity contribution in [2.24, 2.45) is 0 Å². The maximum Gasteiger partial charge on any atom is 0.213 e. The molecule has 1 aliphatic rings. The van der Waals surface area contributed by atoms with Gasteiger partial charge in [-0.3, -0.25) is 9.69 Å². The first kappa shape index (κ1) is 22.2. The molecule has 0 saturated carbocycles. The van der Waals surface area contributed by atoms with Crippen LogP contribution < -0.4 is 10.7 Å². The van der Waals surface area contributed by atoms with E-state index in [4.69, 9.17) is 16.3 Å². The van der Waals surface area contributed by atoms with Crippen LogP contribution in [0.15, 0.2) is 71.7 Å². The zero-order valence-corrected chi connectivity index (χ0v) is 19.9. The van der Waals surface area contributed by atoms with E-state index in [0.717, 1.165) is 48.6 Å². The Morgan fingerprint density at radius 1 is 0.970 bits per heavy atom. The summed E-state index contributed by atoms with van der Waals surface area (Å²) in [5.41, 5.74) is 2.94. The van der Waals surface area contributed by atoms with Crippen LogP contribution in [0.1, 0.15) is 16.0 Å². The molecule has 1 fully saturated rings. The number of nitrogens with zero attached hydrogens (tertiary/aromatic N) is 2. The Morgan fingerprint density at radius 3 is 2.48 bits per heavy atom. The highest BCUT2D eigenvalue weighted by Gasteiger charge is 2.17. The zero-order chi connectivity index (χ0) is 22.6. The van der Waals surface area contributed by atoms with Crippen molar-refractivity contribution in [3.05, 3.63) is 98.1 Å². The second kappa shape index (κ2) is 10.1. The number of ether oxygens (including phenoxy) is 1. The fourth-order valence-corrected chi connectivity index (χ4v) is 5.40. The molecule has 4 aromatic rings. The molecule has 1 saturated heterocycles. The van der Waals surface area contributed by atoms with Crippen LogP contribution in [0.4, 0.5) is 5.69 Å². The van der Waals surface area contributed by atoms with Crippen LogP contribution in [0.3, 0.4) is 0 Å². The number of hydrogen-bond acceptors (Lipinski definition) is 5. The fraction of sp³-hybridized carbons (Fsp3) is 0.269. The molecule has 1 aliphatic heterocycles. The van der Waals surface area contributed by atoms with E-state index in [0.29, 0.717) is 23.8 Å². The molecule has 0 atom stereocenters. The first-order chi connectivity index (χ1) is 16.2. The number of pyridine rings is 1. The summed E-state index contributed by atoms with van der Waals surface area (Å²) in [6.45, 7) is 5.52. The lowest BCUT2D eigenvalue weighted by Crippen LogP contribution is -2.35. The normalized spacial score (nSPS) is 14.6. The van der Waals surface area contributed by atoms with Gasteiger partial charge < -0.3 is 14.6 Å². The van der Waals surface area contributed by atoms with Crippen LogP contribution >= 0.6 is 22.9 Å². The van der Waals surface area contributed by atoms with Gasteiger partial charge in [-0.25, -0.2) is 0 Å². The van der Waals surface area contributed by atoms with E-state index >= 15 is 0 Å². The van der Waals surface area contributed by atoms with Gasteiger partial charge in [-0.1, -0.05) is 54.1 Å². The van der Waals surface area contributed by atoms with E-state index in [1.165, 1.54) is 10.4 Å². The Kier molecular flexibility index (Phi) is 6.78. The molecule has 5 nitrogen and oxygen atoms in total. The van der Waals surface area contributed by atoms with Crippen LogP contribution in [0, 0.1) is 0 Å². The van der Waals surface area contributed by atoms with Crippen molar-refractivity contribution in [1.82, 2.24) is 9.47 Å². The van der Waals surface area contributed by atoms with Crippen LogP contribution in [0.25, 0.3) is 10.2 Å². The molecule has 0 radical (unpaired) electrons. The Balaban J connectivity index is 1.48. The van der Waals surface area contributed by atoms with Crippen molar-refractivity contribution in [1.29, 1.82) is 0 Å². The fourth-order valence-electron chi connectivity index (χ4n) is 4.11. The minimum Gasteiger partial charge on any atom is -0.379 e. The van der Waals surface area contributed by atoms with Gasteiger partial charge in [0.05, 0.1) is 24.3 Å². The SMILES string of the molecule is O=c1c(NCc2ccc(Cl)cc2)cn(Cc2ccccc2)c2sc(CN3CCOCC3)cc12. The third-order valence-corrected chi connectivity index (χ3v) is 7.28. The lowest BCUT2D eigenvalue weighted by atomic mass is 10.2. The van der Waals surface area contributed by atoms with Crippen LogP contribution in [0.2, 0.25) is 5.02 Å². The lowest BCUT2D eigenvalue weighted by Gasteiger charge is -2.25. The number of morpholine rings is 1. The largest absolute Gasteiger partial charge is 0.379 e. The summed E-state index contributed by atoms with van der Waals surface area (Å²) >= 11 is 7.72. The highest BCUT2D eigenvalue weighted by atomic mass is 35.5. The number of rotatable bonds is 7. The molecule has 0 unspecified atom stereocenters. The van der Waals surface area contributed by atoms with Crippen molar-refractivity contribution in [3.8, 4) is 0 Å². The molecule has 2 aromatic heterocycles. The van der Waals surface area contributed by atoms with Gasteiger partial charge in [0, 0.05) is 48.8 Å². The minimum absolute atomic E-state index is 0.0488. The number of fused-ring (bicyclic) bond motifs is 1. The van der Waals surface area contributed by atoms with E-state index < -0.39 is 0 Å². The molecule has 2 aromatic carbocycles. The van der Waals surface area contributed by atoms with Crippen molar-refractivity contribution in [2.45, 2.75) is 19.6 Å². The van der Waals surface area contributed by atoms with Crippen LogP contribution in [-0.4, -0.2) is 35.8 Å². The quantitative estimate of drug-likeness (QED) is 0.395. The Bertz CT molecular complexity index is 1280. The molecule has 0 spiro atoms. The second-order valence-electron chi connectivity index (χ2n) is 8.29. The summed E-state index contributed by atoms with van der Waals surface area (Å²) in [7, 11) is 0. The Hall–Kier alpha value is -2.64. The molecule has 0 aliphatic carbocycles. The first-order valence-electron chi connectivity index (χ1n) is 11.1. The maximum absolute atomic E-state index is 13.4. The van der Waals surface area contributed by atoms with Gasteiger partial charge in [0.1, 0.15) is 4.83 Å². The highest BCUT2D eigenvalue weighted by molar-refractivity contribution is 7.18. The molecular formula is C26H26ClN3O2S. The summed E-state index contributed by atoms with van der Waals surface area (Å²) in [5, 5.41) is 4.84. The van der Waals surface area contributed by atoms with E-state index in [1.54, 1.807) is 11.3 Å². The van der Waals surface area contributed by atoms with Crippen molar-refractivity contribution >= 4 is 38.8 Å². The third-order valence-electron chi connectivity index (χ3n) is 5.87. The third kappa shape index (κ3) is 5.31. The maximum atomic E-state index is 13.4. The molecule has 0 bridgehead atoms. The van der Waals surface area contributed by atoms with Gasteiger partial charge in [-0.2, -0.15) is 0 Å². The monoisotopic (exact) mass is 479 g/mol. The average Bonchev–Trinajstić information content (AvgIpc) is 3.27. The van der Waals surface area contributed by atoms with E-state index in [2.05, 4.69) is 33.0 Å². The van der Waals surface area contributed by atoms with Crippen molar-refractivity contribution < 1.29 is 4.74 Å². The number of nitrogens with one attached hydrogen (secondary N) is 1. The standard InChI is InChI=1S/C26H26ClN3O2S/c27-21-8-6-19(7-9-21)15-28-24-18-30(16-20-4-2-1-3-5-20)26-23(25(24)31)14-22(33-26)17-29-10-12-32-13-11-29/h1-9,14,18,28H,10-13,15-17H2. The highest BCUT2D eigenvalue weighted by Crippen LogP contribution is 2.27. The molecule has 0 amide bonds.